The van der Waals surface area contributed by atoms with Crippen LogP contribution >= 0.6 is 0 Å². The zero-order chi connectivity index (χ0) is 21.8. The summed E-state index contributed by atoms with van der Waals surface area (Å²) >= 11 is 0. The van der Waals surface area contributed by atoms with Gasteiger partial charge in [-0.3, -0.25) is 0 Å². The second-order valence-electron chi connectivity index (χ2n) is 8.22. The van der Waals surface area contributed by atoms with Gasteiger partial charge in [0.1, 0.15) is 11.6 Å². The Bertz CT molecular complexity index is 1180. The zero-order valence-corrected chi connectivity index (χ0v) is 17.8. The smallest absolute Gasteiger partial charge is 0.408 e. The molecule has 2 aromatic carbocycles. The first-order valence-corrected chi connectivity index (χ1v) is 10.1. The predicted molar refractivity (Wildman–Crippen MR) is 116 cm³/mol. The molecule has 0 fully saturated rings. The molecule has 4 rings (SSSR count). The molecule has 8 nitrogen and oxygen atoms in total. The van der Waals surface area contributed by atoms with E-state index in [1.807, 2.05) is 75.4 Å². The van der Waals surface area contributed by atoms with Crippen molar-refractivity contribution >= 4 is 22.5 Å². The average Bonchev–Trinajstić information content (AvgIpc) is 3.17. The van der Waals surface area contributed by atoms with Crippen molar-refractivity contribution in [3.05, 3.63) is 72.2 Å². The molecule has 0 radical (unpaired) electrons. The number of rotatable bonds is 6. The number of carbonyl (C=O) groups excluding carboxylic acids is 1. The van der Waals surface area contributed by atoms with Crippen LogP contribution in [0, 0.1) is 0 Å². The third-order valence-corrected chi connectivity index (χ3v) is 4.58. The van der Waals surface area contributed by atoms with Gasteiger partial charge in [0.25, 0.3) is 0 Å². The van der Waals surface area contributed by atoms with Crippen molar-refractivity contribution in [2.75, 3.05) is 6.61 Å². The van der Waals surface area contributed by atoms with E-state index in [9.17, 15) is 4.79 Å². The molecule has 160 valence electrons. The van der Waals surface area contributed by atoms with Crippen LogP contribution < -0.4 is 5.32 Å². The highest BCUT2D eigenvalue weighted by Crippen LogP contribution is 2.21. The van der Waals surface area contributed by atoms with Gasteiger partial charge in [-0.25, -0.2) is 4.79 Å². The number of aromatic nitrogens is 4. The van der Waals surface area contributed by atoms with Gasteiger partial charge in [-0.05, 0) is 26.3 Å². The molecule has 4 aromatic rings. The van der Waals surface area contributed by atoms with Crippen LogP contribution in [0.2, 0.25) is 0 Å². The largest absolute Gasteiger partial charge is 0.444 e. The number of hydrogen-bond donors (Lipinski definition) is 1. The number of nitrogens with zero attached hydrogens (tertiary/aromatic N) is 4. The molecule has 0 aliphatic rings. The van der Waals surface area contributed by atoms with Gasteiger partial charge in [-0.15, -0.1) is 10.2 Å². The molecular weight excluding hydrogens is 394 g/mol. The molecule has 0 bridgehead atoms. The predicted octanol–water partition coefficient (Wildman–Crippen LogP) is 4.06. The maximum atomic E-state index is 12.5. The molecule has 1 N–H and O–H groups in total. The monoisotopic (exact) mass is 419 g/mol. The van der Waals surface area contributed by atoms with Crippen LogP contribution in [0.3, 0.4) is 0 Å². The van der Waals surface area contributed by atoms with Crippen molar-refractivity contribution in [2.45, 2.75) is 39.0 Å². The Morgan fingerprint density at radius 1 is 1.06 bits per heavy atom. The van der Waals surface area contributed by atoms with Crippen LogP contribution in [-0.2, 0) is 16.1 Å². The standard InChI is InChI=1S/C23H25N5O3/c1-23(2,3)31-22(29)25-19(15-30-14-16-9-5-4-6-10-16)21-27-26-20-18-12-8-7-11-17(18)13-24-28(20)21/h4-13,19H,14-15H2,1-3H3,(H,25,29)/t19-/m0/s1. The van der Waals surface area contributed by atoms with E-state index in [0.717, 1.165) is 16.3 Å². The SMILES string of the molecule is CC(C)(C)OC(=O)N[C@@H](COCc1ccccc1)c1nnc2c3ccccc3cnn12. The minimum Gasteiger partial charge on any atom is -0.444 e. The molecule has 2 aromatic heterocycles. The maximum Gasteiger partial charge on any atom is 0.408 e. The van der Waals surface area contributed by atoms with Crippen molar-refractivity contribution in [1.29, 1.82) is 0 Å². The Kier molecular flexibility index (Phi) is 5.81. The van der Waals surface area contributed by atoms with Crippen molar-refractivity contribution in [2.24, 2.45) is 0 Å². The third kappa shape index (κ3) is 4.97. The Morgan fingerprint density at radius 2 is 1.81 bits per heavy atom. The Balaban J connectivity index is 1.61. The van der Waals surface area contributed by atoms with E-state index in [2.05, 4.69) is 20.6 Å². The molecule has 0 aliphatic heterocycles. The molecular formula is C23H25N5O3. The first kappa shape index (κ1) is 20.7. The van der Waals surface area contributed by atoms with Gasteiger partial charge in [0.15, 0.2) is 11.5 Å². The average molecular weight is 419 g/mol. The fourth-order valence-corrected chi connectivity index (χ4v) is 3.22. The summed E-state index contributed by atoms with van der Waals surface area (Å²) in [6.07, 6.45) is 1.20. The third-order valence-electron chi connectivity index (χ3n) is 4.58. The minimum atomic E-state index is -0.624. The molecule has 0 saturated carbocycles. The number of alkyl carbamates (subject to hydrolysis) is 1. The fourth-order valence-electron chi connectivity index (χ4n) is 3.22. The summed E-state index contributed by atoms with van der Waals surface area (Å²) in [5, 5.41) is 17.9. The topological polar surface area (TPSA) is 90.6 Å². The molecule has 0 spiro atoms. The number of benzene rings is 2. The molecule has 0 unspecified atom stereocenters. The van der Waals surface area contributed by atoms with Crippen LogP contribution in [0.4, 0.5) is 4.79 Å². The maximum absolute atomic E-state index is 12.5. The number of carbonyl (C=O) groups is 1. The van der Waals surface area contributed by atoms with E-state index in [1.54, 1.807) is 10.7 Å². The highest BCUT2D eigenvalue weighted by atomic mass is 16.6. The molecule has 1 amide bonds. The van der Waals surface area contributed by atoms with E-state index < -0.39 is 17.7 Å². The summed E-state index contributed by atoms with van der Waals surface area (Å²) in [4.78, 5) is 12.5. The lowest BCUT2D eigenvalue weighted by atomic mass is 10.2. The van der Waals surface area contributed by atoms with Crippen LogP contribution in [-0.4, -0.2) is 38.1 Å². The van der Waals surface area contributed by atoms with Gasteiger partial charge >= 0.3 is 6.09 Å². The van der Waals surface area contributed by atoms with E-state index in [4.69, 9.17) is 9.47 Å². The van der Waals surface area contributed by atoms with E-state index in [0.29, 0.717) is 18.1 Å². The van der Waals surface area contributed by atoms with Crippen molar-refractivity contribution in [3.8, 4) is 0 Å². The first-order chi connectivity index (χ1) is 14.9. The summed E-state index contributed by atoms with van der Waals surface area (Å²) in [5.74, 6) is 0.472. The summed E-state index contributed by atoms with van der Waals surface area (Å²) in [6.45, 7) is 6.03. The number of ether oxygens (including phenoxy) is 2. The summed E-state index contributed by atoms with van der Waals surface area (Å²) in [6, 6.07) is 17.1. The Morgan fingerprint density at radius 3 is 2.58 bits per heavy atom. The van der Waals surface area contributed by atoms with Crippen molar-refractivity contribution in [3.63, 3.8) is 0 Å². The van der Waals surface area contributed by atoms with Gasteiger partial charge in [0.2, 0.25) is 0 Å². The zero-order valence-electron chi connectivity index (χ0n) is 17.8. The highest BCUT2D eigenvalue weighted by Gasteiger charge is 2.25. The Labute approximate surface area is 180 Å². The second-order valence-corrected chi connectivity index (χ2v) is 8.22. The second kappa shape index (κ2) is 8.69. The van der Waals surface area contributed by atoms with Gasteiger partial charge in [-0.2, -0.15) is 9.61 Å². The van der Waals surface area contributed by atoms with E-state index in [1.165, 1.54) is 0 Å². The molecule has 8 heteroatoms. The molecule has 1 atom stereocenters. The van der Waals surface area contributed by atoms with Crippen molar-refractivity contribution in [1.82, 2.24) is 25.1 Å². The van der Waals surface area contributed by atoms with Crippen LogP contribution in [0.15, 0.2) is 60.8 Å². The Hall–Kier alpha value is -3.52. The minimum absolute atomic E-state index is 0.184. The number of amides is 1. The highest BCUT2D eigenvalue weighted by molar-refractivity contribution is 5.92. The van der Waals surface area contributed by atoms with E-state index >= 15 is 0 Å². The lowest BCUT2D eigenvalue weighted by Gasteiger charge is -2.23. The fraction of sp³-hybridized carbons (Fsp3) is 0.304. The summed E-state index contributed by atoms with van der Waals surface area (Å²) < 4.78 is 13.0. The van der Waals surface area contributed by atoms with Gasteiger partial charge in [0, 0.05) is 10.8 Å². The van der Waals surface area contributed by atoms with Crippen molar-refractivity contribution < 1.29 is 14.3 Å². The number of fused-ring (bicyclic) bond motifs is 3. The summed E-state index contributed by atoms with van der Waals surface area (Å²) in [5.41, 5.74) is 1.03. The molecule has 0 aliphatic carbocycles. The lowest BCUT2D eigenvalue weighted by molar-refractivity contribution is 0.0419. The van der Waals surface area contributed by atoms with Gasteiger partial charge in [-0.1, -0.05) is 54.6 Å². The number of hydrogen-bond acceptors (Lipinski definition) is 6. The first-order valence-electron chi connectivity index (χ1n) is 10.1. The van der Waals surface area contributed by atoms with Gasteiger partial charge in [0.05, 0.1) is 19.4 Å². The van der Waals surface area contributed by atoms with Crippen LogP contribution in [0.1, 0.15) is 38.2 Å². The quantitative estimate of drug-likeness (QED) is 0.507. The molecule has 2 heterocycles. The van der Waals surface area contributed by atoms with E-state index in [-0.39, 0.29) is 6.61 Å². The van der Waals surface area contributed by atoms with Crippen LogP contribution in [0.25, 0.3) is 16.4 Å². The molecule has 31 heavy (non-hydrogen) atoms. The normalized spacial score (nSPS) is 12.7. The lowest BCUT2D eigenvalue weighted by Crippen LogP contribution is -2.37. The number of nitrogens with one attached hydrogen (secondary N) is 1. The van der Waals surface area contributed by atoms with Crippen LogP contribution in [0.5, 0.6) is 0 Å². The summed E-state index contributed by atoms with van der Waals surface area (Å²) in [7, 11) is 0. The van der Waals surface area contributed by atoms with Gasteiger partial charge < -0.3 is 14.8 Å². The molecule has 0 saturated heterocycles.